The summed E-state index contributed by atoms with van der Waals surface area (Å²) in [6, 6.07) is 5.86. The monoisotopic (exact) mass is 353 g/mol. The Kier molecular flexibility index (Phi) is 7.24. The zero-order valence-electron chi connectivity index (χ0n) is 14.9. The first kappa shape index (κ1) is 20.5. The van der Waals surface area contributed by atoms with E-state index in [4.69, 9.17) is 0 Å². The molecule has 1 aromatic carbocycles. The first-order valence-corrected chi connectivity index (χ1v) is 8.21. The van der Waals surface area contributed by atoms with Crippen molar-refractivity contribution < 1.29 is 9.59 Å². The van der Waals surface area contributed by atoms with Crippen LogP contribution in [0.3, 0.4) is 0 Å². The summed E-state index contributed by atoms with van der Waals surface area (Å²) in [6.07, 6.45) is 2.66. The van der Waals surface area contributed by atoms with Crippen molar-refractivity contribution in [2.45, 2.75) is 53.0 Å². The van der Waals surface area contributed by atoms with Crippen molar-refractivity contribution in [3.63, 3.8) is 0 Å². The molecular formula is C18H28ClN3O2. The first-order chi connectivity index (χ1) is 10.8. The highest BCUT2D eigenvalue weighted by Gasteiger charge is 2.22. The summed E-state index contributed by atoms with van der Waals surface area (Å²) in [4.78, 5) is 24.3. The van der Waals surface area contributed by atoms with E-state index >= 15 is 0 Å². The van der Waals surface area contributed by atoms with Gasteiger partial charge in [0.05, 0.1) is 0 Å². The Labute approximate surface area is 150 Å². The van der Waals surface area contributed by atoms with Gasteiger partial charge in [-0.15, -0.1) is 12.4 Å². The van der Waals surface area contributed by atoms with Gasteiger partial charge in [0, 0.05) is 29.3 Å². The summed E-state index contributed by atoms with van der Waals surface area (Å²) in [7, 11) is 0. The van der Waals surface area contributed by atoms with Crippen LogP contribution in [0.15, 0.2) is 18.2 Å². The molecule has 0 aromatic heterocycles. The van der Waals surface area contributed by atoms with E-state index < -0.39 is 5.41 Å². The Balaban J connectivity index is 0.00000288. The molecule has 2 rings (SSSR count). The van der Waals surface area contributed by atoms with Gasteiger partial charge in [-0.1, -0.05) is 26.8 Å². The number of nitrogens with one attached hydrogen (secondary N) is 3. The van der Waals surface area contributed by atoms with Gasteiger partial charge in [-0.25, -0.2) is 0 Å². The molecule has 24 heavy (non-hydrogen) atoms. The molecule has 2 amide bonds. The molecule has 0 bridgehead atoms. The number of anilines is 2. The molecule has 5 nitrogen and oxygen atoms in total. The average Bonchev–Trinajstić information content (AvgIpc) is 2.94. The van der Waals surface area contributed by atoms with Gasteiger partial charge in [0.25, 0.3) is 0 Å². The topological polar surface area (TPSA) is 70.2 Å². The Morgan fingerprint density at radius 2 is 1.96 bits per heavy atom. The number of halogens is 1. The predicted molar refractivity (Wildman–Crippen MR) is 101 cm³/mol. The van der Waals surface area contributed by atoms with Gasteiger partial charge in [0.2, 0.25) is 11.8 Å². The van der Waals surface area contributed by atoms with Gasteiger partial charge in [-0.2, -0.15) is 0 Å². The number of aryl methyl sites for hydroxylation is 1. The molecule has 0 saturated carbocycles. The van der Waals surface area contributed by atoms with E-state index in [2.05, 4.69) is 16.0 Å². The van der Waals surface area contributed by atoms with Crippen LogP contribution in [0.4, 0.5) is 11.4 Å². The fraction of sp³-hybridized carbons (Fsp3) is 0.556. The van der Waals surface area contributed by atoms with Crippen LogP contribution in [0.25, 0.3) is 0 Å². The smallest absolute Gasteiger partial charge is 0.229 e. The number of carbonyl (C=O) groups is 2. The molecular weight excluding hydrogens is 326 g/mol. The summed E-state index contributed by atoms with van der Waals surface area (Å²) in [5.74, 6) is -0.0411. The minimum atomic E-state index is -0.458. The minimum absolute atomic E-state index is 0. The second kappa shape index (κ2) is 8.49. The SMILES string of the molecule is Cc1ccc(NC(=O)CC2CCCN2)cc1NC(=O)C(C)(C)C.Cl. The molecule has 1 unspecified atom stereocenters. The summed E-state index contributed by atoms with van der Waals surface area (Å²) in [5.41, 5.74) is 1.96. The summed E-state index contributed by atoms with van der Waals surface area (Å²) in [6.45, 7) is 8.55. The van der Waals surface area contributed by atoms with Crippen LogP contribution in [-0.2, 0) is 9.59 Å². The molecule has 3 N–H and O–H groups in total. The summed E-state index contributed by atoms with van der Waals surface area (Å²) < 4.78 is 0. The molecule has 1 saturated heterocycles. The van der Waals surface area contributed by atoms with Crippen molar-refractivity contribution in [1.29, 1.82) is 0 Å². The Morgan fingerprint density at radius 3 is 2.54 bits per heavy atom. The number of benzene rings is 1. The number of hydrogen-bond donors (Lipinski definition) is 3. The molecule has 0 aliphatic carbocycles. The van der Waals surface area contributed by atoms with Crippen LogP contribution < -0.4 is 16.0 Å². The molecule has 6 heteroatoms. The van der Waals surface area contributed by atoms with Crippen molar-refractivity contribution in [2.75, 3.05) is 17.2 Å². The van der Waals surface area contributed by atoms with Crippen molar-refractivity contribution >= 4 is 35.6 Å². The fourth-order valence-electron chi connectivity index (χ4n) is 2.51. The van der Waals surface area contributed by atoms with E-state index in [1.165, 1.54) is 0 Å². The molecule has 0 spiro atoms. The lowest BCUT2D eigenvalue weighted by Gasteiger charge is -2.19. The lowest BCUT2D eigenvalue weighted by atomic mass is 9.95. The second-order valence-electron chi connectivity index (χ2n) is 7.28. The third-order valence-corrected chi connectivity index (χ3v) is 4.04. The quantitative estimate of drug-likeness (QED) is 0.776. The summed E-state index contributed by atoms with van der Waals surface area (Å²) >= 11 is 0. The average molecular weight is 354 g/mol. The number of hydrogen-bond acceptors (Lipinski definition) is 3. The van der Waals surface area contributed by atoms with E-state index in [1.54, 1.807) is 0 Å². The Bertz CT molecular complexity index is 590. The number of carbonyl (C=O) groups excluding carboxylic acids is 2. The van der Waals surface area contributed by atoms with Crippen LogP contribution in [0.1, 0.15) is 45.6 Å². The van der Waals surface area contributed by atoms with Gasteiger partial charge in [-0.05, 0) is 44.0 Å². The summed E-state index contributed by atoms with van der Waals surface area (Å²) in [5, 5.41) is 9.17. The number of amides is 2. The van der Waals surface area contributed by atoms with E-state index in [1.807, 2.05) is 45.9 Å². The van der Waals surface area contributed by atoms with Crippen LogP contribution in [0.2, 0.25) is 0 Å². The van der Waals surface area contributed by atoms with E-state index in [-0.39, 0.29) is 30.3 Å². The van der Waals surface area contributed by atoms with Gasteiger partial charge in [-0.3, -0.25) is 9.59 Å². The first-order valence-electron chi connectivity index (χ1n) is 8.21. The van der Waals surface area contributed by atoms with Crippen molar-refractivity contribution in [1.82, 2.24) is 5.32 Å². The fourth-order valence-corrected chi connectivity index (χ4v) is 2.51. The molecule has 1 aromatic rings. The lowest BCUT2D eigenvalue weighted by Crippen LogP contribution is -2.28. The maximum atomic E-state index is 12.1. The molecule has 0 radical (unpaired) electrons. The molecule has 1 aliphatic heterocycles. The zero-order chi connectivity index (χ0) is 17.0. The van der Waals surface area contributed by atoms with Gasteiger partial charge < -0.3 is 16.0 Å². The normalized spacial score (nSPS) is 17.1. The van der Waals surface area contributed by atoms with Crippen molar-refractivity contribution in [3.8, 4) is 0 Å². The maximum Gasteiger partial charge on any atom is 0.229 e. The van der Waals surface area contributed by atoms with E-state index in [0.717, 1.165) is 30.6 Å². The van der Waals surface area contributed by atoms with Crippen molar-refractivity contribution in [3.05, 3.63) is 23.8 Å². The Morgan fingerprint density at radius 1 is 1.25 bits per heavy atom. The maximum absolute atomic E-state index is 12.1. The van der Waals surface area contributed by atoms with E-state index in [0.29, 0.717) is 12.1 Å². The van der Waals surface area contributed by atoms with Crippen LogP contribution in [-0.4, -0.2) is 24.4 Å². The highest BCUT2D eigenvalue weighted by molar-refractivity contribution is 5.97. The van der Waals surface area contributed by atoms with Crippen LogP contribution in [0.5, 0.6) is 0 Å². The van der Waals surface area contributed by atoms with Gasteiger partial charge in [0.1, 0.15) is 0 Å². The molecule has 1 aliphatic rings. The highest BCUT2D eigenvalue weighted by atomic mass is 35.5. The standard InChI is InChI=1S/C18H27N3O2.ClH/c1-12-7-8-14(10-15(12)21-17(23)18(2,3)4)20-16(22)11-13-6-5-9-19-13;/h7-8,10,13,19H,5-6,9,11H2,1-4H3,(H,20,22)(H,21,23);1H. The molecule has 1 atom stereocenters. The van der Waals surface area contributed by atoms with Crippen LogP contribution in [0, 0.1) is 12.3 Å². The second-order valence-corrected chi connectivity index (χ2v) is 7.28. The van der Waals surface area contributed by atoms with Crippen molar-refractivity contribution in [2.24, 2.45) is 5.41 Å². The van der Waals surface area contributed by atoms with Crippen LogP contribution >= 0.6 is 12.4 Å². The molecule has 134 valence electrons. The van der Waals surface area contributed by atoms with Gasteiger partial charge in [0.15, 0.2) is 0 Å². The third kappa shape index (κ3) is 5.80. The van der Waals surface area contributed by atoms with Gasteiger partial charge >= 0.3 is 0 Å². The Hall–Kier alpha value is -1.59. The molecule has 1 heterocycles. The lowest BCUT2D eigenvalue weighted by molar-refractivity contribution is -0.123. The minimum Gasteiger partial charge on any atom is -0.326 e. The van der Waals surface area contributed by atoms with E-state index in [9.17, 15) is 9.59 Å². The molecule has 1 fully saturated rings. The highest BCUT2D eigenvalue weighted by Crippen LogP contribution is 2.24. The third-order valence-electron chi connectivity index (χ3n) is 4.04. The predicted octanol–water partition coefficient (Wildman–Crippen LogP) is 3.48. The zero-order valence-corrected chi connectivity index (χ0v) is 15.7. The largest absolute Gasteiger partial charge is 0.326 e. The number of rotatable bonds is 4.